The summed E-state index contributed by atoms with van der Waals surface area (Å²) in [5, 5.41) is 5.06. The molecule has 0 spiro atoms. The standard InChI is InChI=1S/C9H14ClN3/c1-5-8(7-3-6(7)4-11)9(10)13(2)12-5/h6-7H,3-4,11H2,1-2H3. The Morgan fingerprint density at radius 1 is 1.69 bits per heavy atom. The number of nitrogens with zero attached hydrogens (tertiary/aromatic N) is 2. The maximum absolute atomic E-state index is 6.13. The lowest BCUT2D eigenvalue weighted by molar-refractivity contribution is 0.757. The predicted molar refractivity (Wildman–Crippen MR) is 52.9 cm³/mol. The van der Waals surface area contributed by atoms with Crippen LogP contribution in [0.25, 0.3) is 0 Å². The molecule has 1 saturated carbocycles. The van der Waals surface area contributed by atoms with Gasteiger partial charge in [0.05, 0.1) is 5.69 Å². The molecule has 3 nitrogen and oxygen atoms in total. The van der Waals surface area contributed by atoms with Crippen LogP contribution in [0, 0.1) is 12.8 Å². The lowest BCUT2D eigenvalue weighted by atomic mass is 10.1. The third kappa shape index (κ3) is 1.36. The molecule has 1 heterocycles. The number of aryl methyl sites for hydroxylation is 2. The Hall–Kier alpha value is -0.540. The largest absolute Gasteiger partial charge is 0.330 e. The molecule has 2 N–H and O–H groups in total. The van der Waals surface area contributed by atoms with Crippen LogP contribution in [0.1, 0.15) is 23.6 Å². The molecule has 0 radical (unpaired) electrons. The Kier molecular flexibility index (Phi) is 2.08. The summed E-state index contributed by atoms with van der Waals surface area (Å²) < 4.78 is 1.73. The zero-order chi connectivity index (χ0) is 9.59. The second kappa shape index (κ2) is 3.00. The first-order valence-corrected chi connectivity index (χ1v) is 4.92. The smallest absolute Gasteiger partial charge is 0.130 e. The van der Waals surface area contributed by atoms with Crippen LogP contribution in [-0.2, 0) is 7.05 Å². The van der Waals surface area contributed by atoms with Crippen LogP contribution >= 0.6 is 11.6 Å². The van der Waals surface area contributed by atoms with E-state index in [0.717, 1.165) is 17.4 Å². The molecule has 2 atom stereocenters. The predicted octanol–water partition coefficient (Wildman–Crippen LogP) is 1.44. The summed E-state index contributed by atoms with van der Waals surface area (Å²) in [6.45, 7) is 2.77. The number of hydrogen-bond acceptors (Lipinski definition) is 2. The molecule has 2 rings (SSSR count). The second-order valence-corrected chi connectivity index (χ2v) is 4.11. The number of nitrogens with two attached hydrogens (primary N) is 1. The molecular formula is C9H14ClN3. The van der Waals surface area contributed by atoms with Crippen molar-refractivity contribution in [3.05, 3.63) is 16.4 Å². The molecule has 4 heteroatoms. The van der Waals surface area contributed by atoms with E-state index in [1.54, 1.807) is 4.68 Å². The summed E-state index contributed by atoms with van der Waals surface area (Å²) in [6.07, 6.45) is 1.17. The highest BCUT2D eigenvalue weighted by atomic mass is 35.5. The summed E-state index contributed by atoms with van der Waals surface area (Å²) in [5.74, 6) is 1.19. The quantitative estimate of drug-likeness (QED) is 0.784. The van der Waals surface area contributed by atoms with E-state index in [-0.39, 0.29) is 0 Å². The average molecular weight is 200 g/mol. The monoisotopic (exact) mass is 199 g/mol. The Balaban J connectivity index is 2.30. The highest BCUT2D eigenvalue weighted by Gasteiger charge is 2.40. The van der Waals surface area contributed by atoms with Crippen molar-refractivity contribution in [1.82, 2.24) is 9.78 Å². The molecule has 0 bridgehead atoms. The van der Waals surface area contributed by atoms with Gasteiger partial charge in [0.15, 0.2) is 0 Å². The van der Waals surface area contributed by atoms with Crippen molar-refractivity contribution in [1.29, 1.82) is 0 Å². The van der Waals surface area contributed by atoms with Crippen LogP contribution in [0.15, 0.2) is 0 Å². The van der Waals surface area contributed by atoms with Gasteiger partial charge in [-0.3, -0.25) is 4.68 Å². The van der Waals surface area contributed by atoms with E-state index >= 15 is 0 Å². The third-order valence-corrected chi connectivity index (χ3v) is 3.24. The third-order valence-electron chi connectivity index (χ3n) is 2.79. The topological polar surface area (TPSA) is 43.8 Å². The van der Waals surface area contributed by atoms with Crippen LogP contribution in [-0.4, -0.2) is 16.3 Å². The highest BCUT2D eigenvalue weighted by Crippen LogP contribution is 2.49. The van der Waals surface area contributed by atoms with Crippen LogP contribution in [0.3, 0.4) is 0 Å². The molecule has 1 aliphatic carbocycles. The van der Waals surface area contributed by atoms with E-state index in [4.69, 9.17) is 17.3 Å². The van der Waals surface area contributed by atoms with Gasteiger partial charge in [0.1, 0.15) is 5.15 Å². The van der Waals surface area contributed by atoms with Crippen LogP contribution in [0.5, 0.6) is 0 Å². The van der Waals surface area contributed by atoms with Crippen molar-refractivity contribution in [2.24, 2.45) is 18.7 Å². The van der Waals surface area contributed by atoms with Crippen LogP contribution in [0.4, 0.5) is 0 Å². The van der Waals surface area contributed by atoms with Gasteiger partial charge in [0.2, 0.25) is 0 Å². The van der Waals surface area contributed by atoms with Gasteiger partial charge < -0.3 is 5.73 Å². The van der Waals surface area contributed by atoms with E-state index in [0.29, 0.717) is 11.8 Å². The van der Waals surface area contributed by atoms with Gasteiger partial charge in [-0.15, -0.1) is 0 Å². The normalized spacial score (nSPS) is 26.5. The fourth-order valence-electron chi connectivity index (χ4n) is 1.93. The number of hydrogen-bond donors (Lipinski definition) is 1. The first-order valence-electron chi connectivity index (χ1n) is 4.54. The van der Waals surface area contributed by atoms with Gasteiger partial charge in [0, 0.05) is 12.6 Å². The molecule has 1 fully saturated rings. The molecule has 13 heavy (non-hydrogen) atoms. The van der Waals surface area contributed by atoms with E-state index in [2.05, 4.69) is 5.10 Å². The molecule has 2 unspecified atom stereocenters. The zero-order valence-electron chi connectivity index (χ0n) is 7.92. The second-order valence-electron chi connectivity index (χ2n) is 3.75. The molecule has 0 aliphatic heterocycles. The molecule has 72 valence electrons. The van der Waals surface area contributed by atoms with Crippen molar-refractivity contribution >= 4 is 11.6 Å². The van der Waals surface area contributed by atoms with Crippen molar-refractivity contribution < 1.29 is 0 Å². The fourth-order valence-corrected chi connectivity index (χ4v) is 2.24. The Bertz CT molecular complexity index is 332. The van der Waals surface area contributed by atoms with E-state index in [1.807, 2.05) is 14.0 Å². The molecule has 0 saturated heterocycles. The van der Waals surface area contributed by atoms with E-state index in [1.165, 1.54) is 12.0 Å². The number of halogens is 1. The fraction of sp³-hybridized carbons (Fsp3) is 0.667. The van der Waals surface area contributed by atoms with Gasteiger partial charge in [-0.05, 0) is 31.7 Å². The molecule has 0 aromatic carbocycles. The minimum atomic E-state index is 0.561. The average Bonchev–Trinajstić information content (AvgIpc) is 2.79. The summed E-state index contributed by atoms with van der Waals surface area (Å²) >= 11 is 6.13. The Labute approximate surface area is 82.9 Å². The summed E-state index contributed by atoms with van der Waals surface area (Å²) in [5.41, 5.74) is 7.86. The summed E-state index contributed by atoms with van der Waals surface area (Å²) in [4.78, 5) is 0. The van der Waals surface area contributed by atoms with Gasteiger partial charge in [-0.1, -0.05) is 11.6 Å². The van der Waals surface area contributed by atoms with Crippen molar-refractivity contribution in [2.75, 3.05) is 6.54 Å². The highest BCUT2D eigenvalue weighted by molar-refractivity contribution is 6.30. The SMILES string of the molecule is Cc1nn(C)c(Cl)c1C1CC1CN. The molecule has 1 aliphatic rings. The summed E-state index contributed by atoms with van der Waals surface area (Å²) in [6, 6.07) is 0. The molecule has 0 amide bonds. The maximum Gasteiger partial charge on any atom is 0.130 e. The van der Waals surface area contributed by atoms with Crippen molar-refractivity contribution in [3.8, 4) is 0 Å². The number of rotatable bonds is 2. The minimum absolute atomic E-state index is 0.561. The van der Waals surface area contributed by atoms with E-state index < -0.39 is 0 Å². The maximum atomic E-state index is 6.13. The summed E-state index contributed by atoms with van der Waals surface area (Å²) in [7, 11) is 1.87. The van der Waals surface area contributed by atoms with Gasteiger partial charge in [0.25, 0.3) is 0 Å². The first kappa shape index (κ1) is 9.03. The lowest BCUT2D eigenvalue weighted by Crippen LogP contribution is -2.02. The van der Waals surface area contributed by atoms with Crippen molar-refractivity contribution in [2.45, 2.75) is 19.3 Å². The molecule has 1 aromatic rings. The van der Waals surface area contributed by atoms with Crippen LogP contribution in [0.2, 0.25) is 5.15 Å². The van der Waals surface area contributed by atoms with Crippen LogP contribution < -0.4 is 5.73 Å². The minimum Gasteiger partial charge on any atom is -0.330 e. The molecular weight excluding hydrogens is 186 g/mol. The van der Waals surface area contributed by atoms with E-state index in [9.17, 15) is 0 Å². The van der Waals surface area contributed by atoms with Crippen molar-refractivity contribution in [3.63, 3.8) is 0 Å². The Morgan fingerprint density at radius 3 is 2.77 bits per heavy atom. The van der Waals surface area contributed by atoms with Gasteiger partial charge in [-0.25, -0.2) is 0 Å². The van der Waals surface area contributed by atoms with Gasteiger partial charge in [-0.2, -0.15) is 5.10 Å². The zero-order valence-corrected chi connectivity index (χ0v) is 8.67. The van der Waals surface area contributed by atoms with Gasteiger partial charge >= 0.3 is 0 Å². The number of aromatic nitrogens is 2. The first-order chi connectivity index (χ1) is 6.15. The lowest BCUT2D eigenvalue weighted by Gasteiger charge is -1.97. The Morgan fingerprint density at radius 2 is 2.38 bits per heavy atom. The molecule has 1 aromatic heterocycles.